The van der Waals surface area contributed by atoms with E-state index in [-0.39, 0.29) is 17.9 Å². The normalized spacial score (nSPS) is 33.9. The van der Waals surface area contributed by atoms with Crippen LogP contribution in [0.25, 0.3) is 0 Å². The predicted octanol–water partition coefficient (Wildman–Crippen LogP) is 2.37. The van der Waals surface area contributed by atoms with Crippen molar-refractivity contribution < 1.29 is 9.59 Å². The first-order valence-electron chi connectivity index (χ1n) is 6.56. The van der Waals surface area contributed by atoms with E-state index in [1.54, 1.807) is 0 Å². The summed E-state index contributed by atoms with van der Waals surface area (Å²) in [6.45, 7) is 6.58. The molecule has 2 rings (SSSR count). The first-order chi connectivity index (χ1) is 8.00. The summed E-state index contributed by atoms with van der Waals surface area (Å²) in [6, 6.07) is 0.105. The number of carbonyl (C=O) groups excluding carboxylic acids is 2. The average Bonchev–Trinajstić information content (AvgIpc) is 2.58. The standard InChI is InChI=1S/C14H21NO2/c1-9(2)11-5-4-10(3)8-12(11)15-13(16)6-7-14(15)17/h6-7,9-12H,4-5,8H2,1-3H3. The van der Waals surface area contributed by atoms with Crippen LogP contribution in [0.1, 0.15) is 40.0 Å². The lowest BCUT2D eigenvalue weighted by Crippen LogP contribution is -2.48. The van der Waals surface area contributed by atoms with Crippen molar-refractivity contribution in [2.45, 2.75) is 46.1 Å². The highest BCUT2D eigenvalue weighted by Gasteiger charge is 2.40. The Morgan fingerprint density at radius 3 is 2.29 bits per heavy atom. The van der Waals surface area contributed by atoms with Crippen molar-refractivity contribution >= 4 is 11.8 Å². The summed E-state index contributed by atoms with van der Waals surface area (Å²) in [7, 11) is 0. The molecule has 0 aromatic heterocycles. The first-order valence-corrected chi connectivity index (χ1v) is 6.56. The average molecular weight is 235 g/mol. The number of hydrogen-bond acceptors (Lipinski definition) is 2. The molecular formula is C14H21NO2. The van der Waals surface area contributed by atoms with E-state index in [4.69, 9.17) is 0 Å². The van der Waals surface area contributed by atoms with Gasteiger partial charge in [-0.25, -0.2) is 0 Å². The summed E-state index contributed by atoms with van der Waals surface area (Å²) in [6.07, 6.45) is 6.10. The summed E-state index contributed by atoms with van der Waals surface area (Å²) < 4.78 is 0. The predicted molar refractivity (Wildman–Crippen MR) is 66.1 cm³/mol. The van der Waals surface area contributed by atoms with Crippen LogP contribution in [0.3, 0.4) is 0 Å². The molecule has 94 valence electrons. The molecule has 2 amide bonds. The Balaban J connectivity index is 2.20. The maximum absolute atomic E-state index is 11.8. The second-order valence-corrected chi connectivity index (χ2v) is 5.77. The van der Waals surface area contributed by atoms with Gasteiger partial charge < -0.3 is 0 Å². The number of carbonyl (C=O) groups is 2. The Bertz CT molecular complexity index is 341. The fourth-order valence-electron chi connectivity index (χ4n) is 3.19. The Morgan fingerprint density at radius 1 is 1.18 bits per heavy atom. The topological polar surface area (TPSA) is 37.4 Å². The molecule has 1 aliphatic heterocycles. The molecular weight excluding hydrogens is 214 g/mol. The molecule has 0 N–H and O–H groups in total. The van der Waals surface area contributed by atoms with Gasteiger partial charge in [0.1, 0.15) is 0 Å². The summed E-state index contributed by atoms with van der Waals surface area (Å²) in [5, 5.41) is 0. The maximum Gasteiger partial charge on any atom is 0.253 e. The summed E-state index contributed by atoms with van der Waals surface area (Å²) >= 11 is 0. The molecule has 0 radical (unpaired) electrons. The van der Waals surface area contributed by atoms with Gasteiger partial charge in [0.2, 0.25) is 0 Å². The van der Waals surface area contributed by atoms with Crippen LogP contribution < -0.4 is 0 Å². The molecule has 3 unspecified atom stereocenters. The zero-order valence-corrected chi connectivity index (χ0v) is 10.8. The van der Waals surface area contributed by atoms with Crippen LogP contribution in [0.4, 0.5) is 0 Å². The van der Waals surface area contributed by atoms with Gasteiger partial charge in [-0.05, 0) is 30.6 Å². The minimum atomic E-state index is -0.125. The van der Waals surface area contributed by atoms with Crippen LogP contribution in [0.5, 0.6) is 0 Å². The molecule has 0 saturated heterocycles. The van der Waals surface area contributed by atoms with Gasteiger partial charge in [0, 0.05) is 18.2 Å². The third-order valence-electron chi connectivity index (χ3n) is 4.16. The highest BCUT2D eigenvalue weighted by atomic mass is 16.2. The monoisotopic (exact) mass is 235 g/mol. The fourth-order valence-corrected chi connectivity index (χ4v) is 3.19. The Hall–Kier alpha value is -1.12. The zero-order valence-electron chi connectivity index (χ0n) is 10.8. The van der Waals surface area contributed by atoms with Gasteiger partial charge in [-0.15, -0.1) is 0 Å². The minimum Gasteiger partial charge on any atom is -0.272 e. The fraction of sp³-hybridized carbons (Fsp3) is 0.714. The second kappa shape index (κ2) is 4.63. The van der Waals surface area contributed by atoms with Crippen molar-refractivity contribution in [2.24, 2.45) is 17.8 Å². The number of amides is 2. The third kappa shape index (κ3) is 2.28. The van der Waals surface area contributed by atoms with Crippen molar-refractivity contribution in [3.63, 3.8) is 0 Å². The number of rotatable bonds is 2. The molecule has 1 heterocycles. The molecule has 0 bridgehead atoms. The van der Waals surface area contributed by atoms with Gasteiger partial charge in [0.15, 0.2) is 0 Å². The molecule has 17 heavy (non-hydrogen) atoms. The van der Waals surface area contributed by atoms with Crippen molar-refractivity contribution in [2.75, 3.05) is 0 Å². The van der Waals surface area contributed by atoms with Gasteiger partial charge in [-0.3, -0.25) is 14.5 Å². The van der Waals surface area contributed by atoms with Crippen molar-refractivity contribution in [3.05, 3.63) is 12.2 Å². The highest BCUT2D eigenvalue weighted by molar-refractivity contribution is 6.13. The second-order valence-electron chi connectivity index (χ2n) is 5.77. The summed E-state index contributed by atoms with van der Waals surface area (Å²) in [5.74, 6) is 1.34. The molecule has 1 fully saturated rings. The molecule has 0 spiro atoms. The molecule has 1 saturated carbocycles. The van der Waals surface area contributed by atoms with Crippen molar-refractivity contribution in [3.8, 4) is 0 Å². The van der Waals surface area contributed by atoms with E-state index in [2.05, 4.69) is 20.8 Å². The summed E-state index contributed by atoms with van der Waals surface area (Å²) in [5.41, 5.74) is 0. The lowest BCUT2D eigenvalue weighted by atomic mass is 9.73. The van der Waals surface area contributed by atoms with Gasteiger partial charge >= 0.3 is 0 Å². The van der Waals surface area contributed by atoms with E-state index < -0.39 is 0 Å². The van der Waals surface area contributed by atoms with Gasteiger partial charge in [0.25, 0.3) is 11.8 Å². The van der Waals surface area contributed by atoms with E-state index in [1.165, 1.54) is 23.5 Å². The summed E-state index contributed by atoms with van der Waals surface area (Å²) in [4.78, 5) is 25.0. The van der Waals surface area contributed by atoms with Crippen LogP contribution in [0, 0.1) is 17.8 Å². The maximum atomic E-state index is 11.8. The highest BCUT2D eigenvalue weighted by Crippen LogP contribution is 2.37. The third-order valence-corrected chi connectivity index (χ3v) is 4.16. The van der Waals surface area contributed by atoms with E-state index in [9.17, 15) is 9.59 Å². The lowest BCUT2D eigenvalue weighted by Gasteiger charge is -2.41. The minimum absolute atomic E-state index is 0.105. The molecule has 2 aliphatic rings. The SMILES string of the molecule is CC1CCC(C(C)C)C(N2C(=O)C=CC2=O)C1. The van der Waals surface area contributed by atoms with E-state index in [0.29, 0.717) is 17.8 Å². The molecule has 1 aliphatic carbocycles. The Morgan fingerprint density at radius 2 is 1.76 bits per heavy atom. The number of nitrogens with zero attached hydrogens (tertiary/aromatic N) is 1. The van der Waals surface area contributed by atoms with Crippen LogP contribution in [-0.4, -0.2) is 22.8 Å². The van der Waals surface area contributed by atoms with Crippen LogP contribution in [0.15, 0.2) is 12.2 Å². The first kappa shape index (κ1) is 12.3. The van der Waals surface area contributed by atoms with Gasteiger partial charge in [0.05, 0.1) is 0 Å². The molecule has 3 atom stereocenters. The van der Waals surface area contributed by atoms with Crippen LogP contribution >= 0.6 is 0 Å². The van der Waals surface area contributed by atoms with E-state index in [0.717, 1.165) is 12.8 Å². The van der Waals surface area contributed by atoms with Crippen molar-refractivity contribution in [1.82, 2.24) is 4.90 Å². The Kier molecular flexibility index (Phi) is 3.36. The molecule has 3 nitrogen and oxygen atoms in total. The van der Waals surface area contributed by atoms with Crippen LogP contribution in [-0.2, 0) is 9.59 Å². The smallest absolute Gasteiger partial charge is 0.253 e. The Labute approximate surface area is 103 Å². The van der Waals surface area contributed by atoms with E-state index in [1.807, 2.05) is 0 Å². The number of imide groups is 1. The quantitative estimate of drug-likeness (QED) is 0.689. The van der Waals surface area contributed by atoms with Gasteiger partial charge in [-0.2, -0.15) is 0 Å². The molecule has 0 aromatic rings. The zero-order chi connectivity index (χ0) is 12.6. The van der Waals surface area contributed by atoms with Crippen LogP contribution in [0.2, 0.25) is 0 Å². The molecule has 0 aromatic carbocycles. The number of hydrogen-bond donors (Lipinski definition) is 0. The van der Waals surface area contributed by atoms with Crippen molar-refractivity contribution in [1.29, 1.82) is 0 Å². The molecule has 3 heteroatoms. The van der Waals surface area contributed by atoms with Gasteiger partial charge in [-0.1, -0.05) is 27.2 Å². The largest absolute Gasteiger partial charge is 0.272 e. The lowest BCUT2D eigenvalue weighted by molar-refractivity contribution is -0.142. The van der Waals surface area contributed by atoms with E-state index >= 15 is 0 Å².